The van der Waals surface area contributed by atoms with E-state index < -0.39 is 17.2 Å². The number of benzene rings is 1. The van der Waals surface area contributed by atoms with Crippen LogP contribution in [0.15, 0.2) is 27.8 Å². The van der Waals surface area contributed by atoms with E-state index in [9.17, 15) is 14.0 Å². The van der Waals surface area contributed by atoms with Crippen LogP contribution in [0.1, 0.15) is 5.56 Å². The quantitative estimate of drug-likeness (QED) is 0.637. The number of hydrogen-bond donors (Lipinski definition) is 3. The summed E-state index contributed by atoms with van der Waals surface area (Å²) in [6.07, 6.45) is 0. The number of rotatable bonds is 2. The average molecular weight is 254 g/mol. The Morgan fingerprint density at radius 3 is 2.41 bits per heavy atom. The number of halogens is 1. The van der Waals surface area contributed by atoms with Crippen LogP contribution in [0.3, 0.4) is 0 Å². The Kier molecular flexibility index (Phi) is 2.64. The fourth-order valence-electron chi connectivity index (χ4n) is 1.47. The molecule has 2 aromatic rings. The maximum atomic E-state index is 13.6. The van der Waals surface area contributed by atoms with Gasteiger partial charge < -0.3 is 5.73 Å². The molecular formula is C9H7FN4O2S. The highest BCUT2D eigenvalue weighted by Gasteiger charge is 2.16. The van der Waals surface area contributed by atoms with E-state index in [4.69, 9.17) is 18.0 Å². The zero-order chi connectivity index (χ0) is 12.6. The second-order valence-electron chi connectivity index (χ2n) is 3.19. The van der Waals surface area contributed by atoms with E-state index in [0.29, 0.717) is 0 Å². The highest BCUT2D eigenvalue weighted by Crippen LogP contribution is 2.15. The number of nitrogens with one attached hydrogen (secondary N) is 2. The van der Waals surface area contributed by atoms with Crippen molar-refractivity contribution in [2.45, 2.75) is 0 Å². The summed E-state index contributed by atoms with van der Waals surface area (Å²) in [7, 11) is 0. The van der Waals surface area contributed by atoms with Crippen molar-refractivity contribution in [3.63, 3.8) is 0 Å². The Morgan fingerprint density at radius 2 is 1.88 bits per heavy atom. The fraction of sp³-hybridized carbons (Fsp3) is 0. The fourth-order valence-corrected chi connectivity index (χ4v) is 1.67. The van der Waals surface area contributed by atoms with Crippen LogP contribution in [0.5, 0.6) is 0 Å². The van der Waals surface area contributed by atoms with Gasteiger partial charge in [-0.15, -0.1) is 0 Å². The largest absolute Gasteiger partial charge is 0.389 e. The van der Waals surface area contributed by atoms with Crippen LogP contribution < -0.4 is 17.1 Å². The van der Waals surface area contributed by atoms with Gasteiger partial charge in [-0.3, -0.25) is 0 Å². The maximum absolute atomic E-state index is 13.6. The molecule has 1 heterocycles. The molecule has 0 radical (unpaired) electrons. The van der Waals surface area contributed by atoms with Crippen molar-refractivity contribution in [2.24, 2.45) is 5.73 Å². The lowest BCUT2D eigenvalue weighted by Gasteiger charge is -2.07. The Morgan fingerprint density at radius 1 is 1.29 bits per heavy atom. The number of hydrogen-bond acceptors (Lipinski definition) is 3. The van der Waals surface area contributed by atoms with E-state index in [-0.39, 0.29) is 16.2 Å². The lowest BCUT2D eigenvalue weighted by atomic mass is 10.1. The molecule has 8 heteroatoms. The van der Waals surface area contributed by atoms with Gasteiger partial charge >= 0.3 is 11.4 Å². The monoisotopic (exact) mass is 254 g/mol. The summed E-state index contributed by atoms with van der Waals surface area (Å²) in [5.74, 6) is -0.692. The minimum atomic E-state index is -0.724. The minimum Gasteiger partial charge on any atom is -0.389 e. The molecule has 4 N–H and O–H groups in total. The molecule has 0 atom stereocenters. The number of nitrogens with two attached hydrogens (primary N) is 1. The SMILES string of the molecule is NC(=S)c1c(F)cccc1-n1c(=O)[nH][nH]c1=O. The predicted octanol–water partition coefficient (Wildman–Crippen LogP) is -0.373. The van der Waals surface area contributed by atoms with E-state index in [1.807, 2.05) is 0 Å². The lowest BCUT2D eigenvalue weighted by molar-refractivity contribution is 0.623. The molecule has 0 amide bonds. The van der Waals surface area contributed by atoms with E-state index in [0.717, 1.165) is 10.6 Å². The van der Waals surface area contributed by atoms with Gasteiger partial charge in [0.15, 0.2) is 0 Å². The minimum absolute atomic E-state index is 0.00463. The van der Waals surface area contributed by atoms with E-state index in [1.165, 1.54) is 12.1 Å². The number of nitrogens with zero attached hydrogens (tertiary/aromatic N) is 1. The van der Waals surface area contributed by atoms with Gasteiger partial charge in [0.25, 0.3) is 0 Å². The molecule has 1 aromatic heterocycles. The first kappa shape index (κ1) is 11.3. The van der Waals surface area contributed by atoms with Crippen molar-refractivity contribution < 1.29 is 4.39 Å². The van der Waals surface area contributed by atoms with Gasteiger partial charge in [0, 0.05) is 0 Å². The Labute approximate surface area is 98.9 Å². The molecule has 0 saturated heterocycles. The zero-order valence-corrected chi connectivity index (χ0v) is 9.18. The van der Waals surface area contributed by atoms with Crippen molar-refractivity contribution in [1.29, 1.82) is 0 Å². The molecule has 0 aliphatic carbocycles. The third kappa shape index (κ3) is 1.78. The summed E-state index contributed by atoms with van der Waals surface area (Å²) in [4.78, 5) is 22.6. The van der Waals surface area contributed by atoms with Crippen LogP contribution in [-0.2, 0) is 0 Å². The molecule has 6 nitrogen and oxygen atoms in total. The van der Waals surface area contributed by atoms with Crippen LogP contribution in [0.2, 0.25) is 0 Å². The van der Waals surface area contributed by atoms with Gasteiger partial charge in [-0.1, -0.05) is 18.3 Å². The highest BCUT2D eigenvalue weighted by atomic mass is 32.1. The Bertz CT molecular complexity index is 672. The summed E-state index contributed by atoms with van der Waals surface area (Å²) in [5.41, 5.74) is 3.79. The summed E-state index contributed by atoms with van der Waals surface area (Å²) in [6, 6.07) is 3.87. The molecule has 0 saturated carbocycles. The molecule has 0 aliphatic rings. The van der Waals surface area contributed by atoms with Crippen LogP contribution in [-0.4, -0.2) is 19.8 Å². The molecule has 0 fully saturated rings. The van der Waals surface area contributed by atoms with Crippen LogP contribution in [0.4, 0.5) is 4.39 Å². The van der Waals surface area contributed by atoms with Gasteiger partial charge in [0.2, 0.25) is 0 Å². The van der Waals surface area contributed by atoms with Crippen LogP contribution in [0, 0.1) is 5.82 Å². The molecule has 1 aromatic carbocycles. The normalized spacial score (nSPS) is 10.4. The molecule has 0 bridgehead atoms. The lowest BCUT2D eigenvalue weighted by Crippen LogP contribution is -2.28. The first-order valence-corrected chi connectivity index (χ1v) is 4.91. The first-order chi connectivity index (χ1) is 8.02. The van der Waals surface area contributed by atoms with Crippen molar-refractivity contribution >= 4 is 17.2 Å². The first-order valence-electron chi connectivity index (χ1n) is 4.50. The molecule has 0 unspecified atom stereocenters. The zero-order valence-electron chi connectivity index (χ0n) is 8.36. The molecular weight excluding hydrogens is 247 g/mol. The molecule has 88 valence electrons. The number of aromatic nitrogens is 3. The molecule has 17 heavy (non-hydrogen) atoms. The molecule has 0 spiro atoms. The smallest absolute Gasteiger partial charge is 0.349 e. The molecule has 0 aliphatic heterocycles. The number of H-pyrrole nitrogens is 2. The highest BCUT2D eigenvalue weighted by molar-refractivity contribution is 7.80. The molecule has 2 rings (SSSR count). The van der Waals surface area contributed by atoms with E-state index >= 15 is 0 Å². The second kappa shape index (κ2) is 3.98. The summed E-state index contributed by atoms with van der Waals surface area (Å²) in [5, 5.41) is 4.17. The van der Waals surface area contributed by atoms with Gasteiger partial charge in [-0.2, -0.15) is 0 Å². The standard InChI is InChI=1S/C9H7FN4O2S/c10-4-2-1-3-5(6(4)7(11)17)14-8(15)12-13-9(14)16/h1-3H,(H2,11,17)(H,12,15)(H,13,16). The van der Waals surface area contributed by atoms with Crippen molar-refractivity contribution in [3.05, 3.63) is 50.5 Å². The third-order valence-corrected chi connectivity index (χ3v) is 2.37. The third-order valence-electron chi connectivity index (χ3n) is 2.16. The van der Waals surface area contributed by atoms with Gasteiger partial charge in [-0.25, -0.2) is 28.7 Å². The van der Waals surface area contributed by atoms with Crippen LogP contribution >= 0.6 is 12.2 Å². The van der Waals surface area contributed by atoms with E-state index in [2.05, 4.69) is 10.2 Å². The Balaban J connectivity index is 2.86. The summed E-state index contributed by atoms with van der Waals surface area (Å²) < 4.78 is 14.3. The number of thiocarbonyl (C=S) groups is 1. The van der Waals surface area contributed by atoms with Gasteiger partial charge in [0.05, 0.1) is 11.3 Å². The van der Waals surface area contributed by atoms with Gasteiger partial charge in [0.1, 0.15) is 10.8 Å². The second-order valence-corrected chi connectivity index (χ2v) is 3.63. The van der Waals surface area contributed by atoms with Crippen LogP contribution in [0.25, 0.3) is 5.69 Å². The maximum Gasteiger partial charge on any atom is 0.349 e. The van der Waals surface area contributed by atoms with E-state index in [1.54, 1.807) is 0 Å². The van der Waals surface area contributed by atoms with Crippen molar-refractivity contribution in [2.75, 3.05) is 0 Å². The average Bonchev–Trinajstić information content (AvgIpc) is 2.57. The topological polar surface area (TPSA) is 96.7 Å². The van der Waals surface area contributed by atoms with Crippen molar-refractivity contribution in [1.82, 2.24) is 14.8 Å². The van der Waals surface area contributed by atoms with Crippen molar-refractivity contribution in [3.8, 4) is 5.69 Å². The Hall–Kier alpha value is -2.22. The van der Waals surface area contributed by atoms with Gasteiger partial charge in [-0.05, 0) is 12.1 Å². The summed E-state index contributed by atoms with van der Waals surface area (Å²) in [6.45, 7) is 0. The summed E-state index contributed by atoms with van der Waals surface area (Å²) >= 11 is 4.70. The predicted molar refractivity (Wildman–Crippen MR) is 62.9 cm³/mol. The number of aromatic amines is 2.